The molecule has 1 aromatic heterocycles. The van der Waals surface area contributed by atoms with Crippen molar-refractivity contribution in [1.82, 2.24) is 15.1 Å². The summed E-state index contributed by atoms with van der Waals surface area (Å²) >= 11 is 6.18. The number of carbonyl (C=O) groups excluding carboxylic acids is 1. The van der Waals surface area contributed by atoms with E-state index in [1.165, 1.54) is 6.26 Å². The van der Waals surface area contributed by atoms with Crippen LogP contribution in [0, 0.1) is 0 Å². The van der Waals surface area contributed by atoms with Gasteiger partial charge in [-0.3, -0.25) is 4.79 Å². The van der Waals surface area contributed by atoms with Crippen LogP contribution in [-0.4, -0.2) is 42.2 Å². The number of benzene rings is 2. The first-order valence-electron chi connectivity index (χ1n) is 9.40. The van der Waals surface area contributed by atoms with Crippen LogP contribution in [0.2, 0.25) is 5.02 Å². The summed E-state index contributed by atoms with van der Waals surface area (Å²) in [5.41, 5.74) is 1.73. The van der Waals surface area contributed by atoms with Crippen LogP contribution < -0.4 is 0 Å². The standard InChI is InChI=1S/C21H22ClN3O4S/c1-3-12-25(21(26)16-10-8-15(9-11-16)14-30(2,27)28)13-19-23-24-20(29-19)17-6-4-5-7-18(17)22/h4-11H,3,12-14H2,1-2H3. The average Bonchev–Trinajstić information content (AvgIpc) is 3.15. The molecule has 3 rings (SSSR count). The van der Waals surface area contributed by atoms with Gasteiger partial charge in [0.25, 0.3) is 5.91 Å². The Kier molecular flexibility index (Phi) is 6.89. The van der Waals surface area contributed by atoms with E-state index in [-0.39, 0.29) is 18.2 Å². The number of aromatic nitrogens is 2. The van der Waals surface area contributed by atoms with E-state index in [0.717, 1.165) is 6.42 Å². The van der Waals surface area contributed by atoms with Crippen LogP contribution in [0.3, 0.4) is 0 Å². The second-order valence-corrected chi connectivity index (χ2v) is 9.52. The van der Waals surface area contributed by atoms with Crippen molar-refractivity contribution in [3.8, 4) is 11.5 Å². The van der Waals surface area contributed by atoms with Gasteiger partial charge < -0.3 is 9.32 Å². The SMILES string of the molecule is CCCN(Cc1nnc(-c2ccccc2Cl)o1)C(=O)c1ccc(CS(C)(=O)=O)cc1. The zero-order valence-electron chi connectivity index (χ0n) is 16.7. The number of amides is 1. The molecule has 0 radical (unpaired) electrons. The van der Waals surface area contributed by atoms with Crippen molar-refractivity contribution in [2.24, 2.45) is 0 Å². The summed E-state index contributed by atoms with van der Waals surface area (Å²) in [6, 6.07) is 13.7. The first kappa shape index (κ1) is 22.0. The summed E-state index contributed by atoms with van der Waals surface area (Å²) < 4.78 is 28.6. The minimum absolute atomic E-state index is 0.0625. The van der Waals surface area contributed by atoms with Gasteiger partial charge in [0.2, 0.25) is 11.8 Å². The average molecular weight is 448 g/mol. The molecule has 9 heteroatoms. The highest BCUT2D eigenvalue weighted by Crippen LogP contribution is 2.26. The molecular weight excluding hydrogens is 426 g/mol. The molecular formula is C21H22ClN3O4S. The van der Waals surface area contributed by atoms with E-state index in [2.05, 4.69) is 10.2 Å². The lowest BCUT2D eigenvalue weighted by atomic mass is 10.1. The van der Waals surface area contributed by atoms with Crippen molar-refractivity contribution in [1.29, 1.82) is 0 Å². The van der Waals surface area contributed by atoms with Gasteiger partial charge in [0.05, 0.1) is 22.9 Å². The smallest absolute Gasteiger partial charge is 0.254 e. The summed E-state index contributed by atoms with van der Waals surface area (Å²) in [5, 5.41) is 8.60. The summed E-state index contributed by atoms with van der Waals surface area (Å²) in [6.07, 6.45) is 1.93. The zero-order valence-corrected chi connectivity index (χ0v) is 18.3. The Balaban J connectivity index is 1.76. The van der Waals surface area contributed by atoms with E-state index in [1.54, 1.807) is 41.3 Å². The molecule has 0 aliphatic heterocycles. The lowest BCUT2D eigenvalue weighted by Crippen LogP contribution is -2.31. The van der Waals surface area contributed by atoms with Gasteiger partial charge in [-0.1, -0.05) is 42.8 Å². The van der Waals surface area contributed by atoms with E-state index >= 15 is 0 Å². The molecule has 1 heterocycles. The third-order valence-corrected chi connectivity index (χ3v) is 5.50. The van der Waals surface area contributed by atoms with Crippen molar-refractivity contribution >= 4 is 27.3 Å². The second kappa shape index (κ2) is 9.40. The fourth-order valence-corrected chi connectivity index (χ4v) is 3.99. The molecule has 1 amide bonds. The molecule has 0 N–H and O–H groups in total. The molecule has 158 valence electrons. The maximum absolute atomic E-state index is 13.0. The molecule has 0 fully saturated rings. The number of carbonyl (C=O) groups is 1. The van der Waals surface area contributed by atoms with Crippen LogP contribution in [-0.2, 0) is 22.1 Å². The third kappa shape index (κ3) is 5.67. The maximum Gasteiger partial charge on any atom is 0.254 e. The monoisotopic (exact) mass is 447 g/mol. The van der Waals surface area contributed by atoms with Crippen LogP contribution in [0.1, 0.15) is 35.2 Å². The summed E-state index contributed by atoms with van der Waals surface area (Å²) in [5.74, 6) is 0.345. The van der Waals surface area contributed by atoms with Gasteiger partial charge in [-0.25, -0.2) is 8.42 Å². The van der Waals surface area contributed by atoms with E-state index < -0.39 is 9.84 Å². The van der Waals surface area contributed by atoms with E-state index in [0.29, 0.717) is 40.0 Å². The Morgan fingerprint density at radius 1 is 1.10 bits per heavy atom. The third-order valence-electron chi connectivity index (χ3n) is 4.31. The number of halogens is 1. The first-order valence-corrected chi connectivity index (χ1v) is 11.8. The van der Waals surface area contributed by atoms with Crippen molar-refractivity contribution in [3.63, 3.8) is 0 Å². The van der Waals surface area contributed by atoms with E-state index in [1.807, 2.05) is 19.1 Å². The normalized spacial score (nSPS) is 11.4. The molecule has 0 aliphatic carbocycles. The molecule has 7 nitrogen and oxygen atoms in total. The van der Waals surface area contributed by atoms with Gasteiger partial charge in [0.1, 0.15) is 0 Å². The van der Waals surface area contributed by atoms with Gasteiger partial charge in [-0.2, -0.15) is 0 Å². The number of nitrogens with zero attached hydrogens (tertiary/aromatic N) is 3. The molecule has 30 heavy (non-hydrogen) atoms. The minimum atomic E-state index is -3.13. The molecule has 2 aromatic carbocycles. The summed E-state index contributed by atoms with van der Waals surface area (Å²) in [6.45, 7) is 2.64. The van der Waals surface area contributed by atoms with Crippen LogP contribution in [0.4, 0.5) is 0 Å². The Labute approximate surface area is 180 Å². The Bertz CT molecular complexity index is 1130. The van der Waals surface area contributed by atoms with Gasteiger partial charge >= 0.3 is 0 Å². The molecule has 0 unspecified atom stereocenters. The fourth-order valence-electron chi connectivity index (χ4n) is 2.98. The highest BCUT2D eigenvalue weighted by molar-refractivity contribution is 7.89. The summed E-state index contributed by atoms with van der Waals surface area (Å²) in [7, 11) is -3.13. The number of hydrogen-bond donors (Lipinski definition) is 0. The first-order chi connectivity index (χ1) is 14.3. The molecule has 0 aliphatic rings. The van der Waals surface area contributed by atoms with Gasteiger partial charge in [-0.15, -0.1) is 10.2 Å². The van der Waals surface area contributed by atoms with E-state index in [9.17, 15) is 13.2 Å². The van der Waals surface area contributed by atoms with Crippen molar-refractivity contribution in [3.05, 3.63) is 70.6 Å². The van der Waals surface area contributed by atoms with Gasteiger partial charge in [0, 0.05) is 18.4 Å². The Hall–Kier alpha value is -2.71. The molecule has 0 saturated carbocycles. The predicted octanol–water partition coefficient (Wildman–Crippen LogP) is 3.99. The van der Waals surface area contributed by atoms with E-state index in [4.69, 9.17) is 16.0 Å². The largest absolute Gasteiger partial charge is 0.419 e. The summed E-state index contributed by atoms with van der Waals surface area (Å²) in [4.78, 5) is 14.6. The van der Waals surface area contributed by atoms with Crippen LogP contribution in [0.15, 0.2) is 52.9 Å². The topological polar surface area (TPSA) is 93.4 Å². The highest BCUT2D eigenvalue weighted by Gasteiger charge is 2.20. The zero-order chi connectivity index (χ0) is 21.7. The lowest BCUT2D eigenvalue weighted by Gasteiger charge is -2.20. The van der Waals surface area contributed by atoms with Gasteiger partial charge in [0.15, 0.2) is 9.84 Å². The van der Waals surface area contributed by atoms with Gasteiger partial charge in [-0.05, 0) is 36.2 Å². The fraction of sp³-hybridized carbons (Fsp3) is 0.286. The maximum atomic E-state index is 13.0. The predicted molar refractivity (Wildman–Crippen MR) is 115 cm³/mol. The molecule has 0 bridgehead atoms. The van der Waals surface area contributed by atoms with Crippen LogP contribution in [0.25, 0.3) is 11.5 Å². The number of rotatable bonds is 8. The molecule has 3 aromatic rings. The Morgan fingerprint density at radius 2 is 1.80 bits per heavy atom. The highest BCUT2D eigenvalue weighted by atomic mass is 35.5. The van der Waals surface area contributed by atoms with Crippen molar-refractivity contribution in [2.75, 3.05) is 12.8 Å². The van der Waals surface area contributed by atoms with Crippen molar-refractivity contribution < 1.29 is 17.6 Å². The second-order valence-electron chi connectivity index (χ2n) is 6.97. The quantitative estimate of drug-likeness (QED) is 0.518. The molecule has 0 spiro atoms. The van der Waals surface area contributed by atoms with Crippen molar-refractivity contribution in [2.45, 2.75) is 25.6 Å². The number of hydrogen-bond acceptors (Lipinski definition) is 6. The molecule has 0 saturated heterocycles. The van der Waals surface area contributed by atoms with Crippen LogP contribution >= 0.6 is 11.6 Å². The minimum Gasteiger partial charge on any atom is -0.419 e. The van der Waals surface area contributed by atoms with Crippen LogP contribution in [0.5, 0.6) is 0 Å². The lowest BCUT2D eigenvalue weighted by molar-refractivity contribution is 0.0728. The number of sulfone groups is 1. The Morgan fingerprint density at radius 3 is 2.43 bits per heavy atom. The molecule has 0 atom stereocenters.